The first-order chi connectivity index (χ1) is 8.88. The standard InChI is InChI=1S/C13H23N5/c14-7-11(10-1-2-10)3-5-16-13-4-6-17-18(13)12-8-15-9-12/h4,6,10-12,15-16H,1-3,5,7-9,14H2. The fourth-order valence-corrected chi connectivity index (χ4v) is 2.69. The molecule has 1 saturated carbocycles. The minimum absolute atomic E-state index is 0.524. The predicted octanol–water partition coefficient (Wildman–Crippen LogP) is 0.814. The van der Waals surface area contributed by atoms with Gasteiger partial charge in [-0.3, -0.25) is 0 Å². The first-order valence-corrected chi connectivity index (χ1v) is 7.06. The molecule has 5 heteroatoms. The average molecular weight is 249 g/mol. The lowest BCUT2D eigenvalue weighted by Gasteiger charge is -2.29. The molecule has 2 fully saturated rings. The third-order valence-electron chi connectivity index (χ3n) is 4.19. The molecule has 1 aliphatic heterocycles. The Hall–Kier alpha value is -1.07. The number of nitrogens with two attached hydrogens (primary N) is 1. The Morgan fingerprint density at radius 1 is 1.50 bits per heavy atom. The minimum atomic E-state index is 0.524. The van der Waals surface area contributed by atoms with E-state index < -0.39 is 0 Å². The van der Waals surface area contributed by atoms with E-state index in [2.05, 4.69) is 26.5 Å². The molecule has 18 heavy (non-hydrogen) atoms. The van der Waals surface area contributed by atoms with E-state index in [1.807, 2.05) is 6.20 Å². The molecule has 100 valence electrons. The summed E-state index contributed by atoms with van der Waals surface area (Å²) in [4.78, 5) is 0. The van der Waals surface area contributed by atoms with Gasteiger partial charge in [-0.1, -0.05) is 0 Å². The Labute approximate surface area is 108 Å². The number of nitrogens with one attached hydrogen (secondary N) is 2. The molecule has 4 N–H and O–H groups in total. The Kier molecular flexibility index (Phi) is 3.52. The van der Waals surface area contributed by atoms with Crippen molar-refractivity contribution in [2.75, 3.05) is 31.5 Å². The Morgan fingerprint density at radius 3 is 2.94 bits per heavy atom. The zero-order valence-electron chi connectivity index (χ0n) is 10.8. The van der Waals surface area contributed by atoms with Crippen molar-refractivity contribution in [2.24, 2.45) is 17.6 Å². The number of anilines is 1. The monoisotopic (exact) mass is 249 g/mol. The van der Waals surface area contributed by atoms with E-state index in [0.717, 1.165) is 37.9 Å². The van der Waals surface area contributed by atoms with Crippen LogP contribution in [0.15, 0.2) is 12.3 Å². The summed E-state index contributed by atoms with van der Waals surface area (Å²) in [6.45, 7) is 3.90. The van der Waals surface area contributed by atoms with Crippen molar-refractivity contribution in [1.82, 2.24) is 15.1 Å². The molecule has 1 saturated heterocycles. The maximum Gasteiger partial charge on any atom is 0.124 e. The summed E-state index contributed by atoms with van der Waals surface area (Å²) in [7, 11) is 0. The summed E-state index contributed by atoms with van der Waals surface area (Å²) >= 11 is 0. The predicted molar refractivity (Wildman–Crippen MR) is 72.5 cm³/mol. The molecule has 0 amide bonds. The lowest BCUT2D eigenvalue weighted by molar-refractivity contribution is 0.321. The van der Waals surface area contributed by atoms with Gasteiger partial charge in [0.25, 0.3) is 0 Å². The van der Waals surface area contributed by atoms with E-state index in [1.165, 1.54) is 19.3 Å². The summed E-state index contributed by atoms with van der Waals surface area (Å²) in [5.74, 6) is 2.75. The Morgan fingerprint density at radius 2 is 2.33 bits per heavy atom. The van der Waals surface area contributed by atoms with Crippen LogP contribution in [0.2, 0.25) is 0 Å². The lowest BCUT2D eigenvalue weighted by Crippen LogP contribution is -2.44. The second-order valence-electron chi connectivity index (χ2n) is 5.52. The van der Waals surface area contributed by atoms with Gasteiger partial charge < -0.3 is 16.4 Å². The lowest BCUT2D eigenvalue weighted by atomic mass is 10.0. The molecule has 0 bridgehead atoms. The minimum Gasteiger partial charge on any atom is -0.370 e. The molecule has 0 spiro atoms. The Balaban J connectivity index is 1.48. The molecular formula is C13H23N5. The quantitative estimate of drug-likeness (QED) is 0.669. The molecule has 2 heterocycles. The first-order valence-electron chi connectivity index (χ1n) is 7.06. The molecule has 5 nitrogen and oxygen atoms in total. The average Bonchev–Trinajstić information content (AvgIpc) is 3.05. The van der Waals surface area contributed by atoms with Crippen LogP contribution >= 0.6 is 0 Å². The van der Waals surface area contributed by atoms with Gasteiger partial charge in [0.2, 0.25) is 0 Å². The molecule has 3 rings (SSSR count). The summed E-state index contributed by atoms with van der Waals surface area (Å²) < 4.78 is 2.10. The third kappa shape index (κ3) is 2.52. The van der Waals surface area contributed by atoms with Gasteiger partial charge in [-0.15, -0.1) is 0 Å². The van der Waals surface area contributed by atoms with Gasteiger partial charge in [0.1, 0.15) is 5.82 Å². The first kappa shape index (κ1) is 12.0. The van der Waals surface area contributed by atoms with Crippen LogP contribution < -0.4 is 16.4 Å². The zero-order valence-corrected chi connectivity index (χ0v) is 10.8. The van der Waals surface area contributed by atoms with Gasteiger partial charge in [-0.2, -0.15) is 5.10 Å². The van der Waals surface area contributed by atoms with Crippen molar-refractivity contribution in [3.05, 3.63) is 12.3 Å². The van der Waals surface area contributed by atoms with E-state index in [0.29, 0.717) is 12.0 Å². The zero-order chi connectivity index (χ0) is 12.4. The molecule has 1 aromatic rings. The number of aromatic nitrogens is 2. The number of hydrogen-bond acceptors (Lipinski definition) is 4. The van der Waals surface area contributed by atoms with Crippen molar-refractivity contribution in [3.63, 3.8) is 0 Å². The van der Waals surface area contributed by atoms with E-state index in [9.17, 15) is 0 Å². The highest BCUT2D eigenvalue weighted by Crippen LogP contribution is 2.37. The summed E-state index contributed by atoms with van der Waals surface area (Å²) in [5.41, 5.74) is 5.83. The molecule has 2 aliphatic rings. The van der Waals surface area contributed by atoms with Crippen LogP contribution in [-0.4, -0.2) is 36.0 Å². The maximum absolute atomic E-state index is 5.83. The van der Waals surface area contributed by atoms with Gasteiger partial charge in [0, 0.05) is 25.7 Å². The maximum atomic E-state index is 5.83. The summed E-state index contributed by atoms with van der Waals surface area (Å²) in [5, 5.41) is 11.2. The normalized spacial score (nSPS) is 21.6. The van der Waals surface area contributed by atoms with Crippen LogP contribution in [0.4, 0.5) is 5.82 Å². The molecule has 1 aliphatic carbocycles. The van der Waals surface area contributed by atoms with Gasteiger partial charge in [-0.05, 0) is 37.6 Å². The van der Waals surface area contributed by atoms with E-state index in [1.54, 1.807) is 0 Å². The van der Waals surface area contributed by atoms with Crippen LogP contribution in [0, 0.1) is 11.8 Å². The highest BCUT2D eigenvalue weighted by Gasteiger charge is 2.29. The van der Waals surface area contributed by atoms with Gasteiger partial charge in [-0.25, -0.2) is 4.68 Å². The number of rotatable bonds is 7. The van der Waals surface area contributed by atoms with Crippen molar-refractivity contribution in [1.29, 1.82) is 0 Å². The molecule has 0 aromatic carbocycles. The largest absolute Gasteiger partial charge is 0.370 e. The Bertz CT molecular complexity index is 380. The van der Waals surface area contributed by atoms with E-state index in [4.69, 9.17) is 5.73 Å². The highest BCUT2D eigenvalue weighted by molar-refractivity contribution is 5.34. The fraction of sp³-hybridized carbons (Fsp3) is 0.769. The molecule has 1 aromatic heterocycles. The molecule has 1 atom stereocenters. The van der Waals surface area contributed by atoms with Crippen molar-refractivity contribution in [3.8, 4) is 0 Å². The number of hydrogen-bond donors (Lipinski definition) is 3. The summed E-state index contributed by atoms with van der Waals surface area (Å²) in [6, 6.07) is 2.59. The fourth-order valence-electron chi connectivity index (χ4n) is 2.69. The van der Waals surface area contributed by atoms with Gasteiger partial charge >= 0.3 is 0 Å². The van der Waals surface area contributed by atoms with Crippen LogP contribution in [-0.2, 0) is 0 Å². The van der Waals surface area contributed by atoms with Crippen molar-refractivity contribution in [2.45, 2.75) is 25.3 Å². The second-order valence-corrected chi connectivity index (χ2v) is 5.52. The van der Waals surface area contributed by atoms with Crippen LogP contribution in [0.25, 0.3) is 0 Å². The molecular weight excluding hydrogens is 226 g/mol. The van der Waals surface area contributed by atoms with Gasteiger partial charge in [0.15, 0.2) is 0 Å². The van der Waals surface area contributed by atoms with Crippen LogP contribution in [0.1, 0.15) is 25.3 Å². The van der Waals surface area contributed by atoms with Crippen molar-refractivity contribution >= 4 is 5.82 Å². The smallest absolute Gasteiger partial charge is 0.124 e. The van der Waals surface area contributed by atoms with E-state index in [-0.39, 0.29) is 0 Å². The van der Waals surface area contributed by atoms with Crippen LogP contribution in [0.5, 0.6) is 0 Å². The molecule has 0 radical (unpaired) electrons. The van der Waals surface area contributed by atoms with Crippen molar-refractivity contribution < 1.29 is 0 Å². The van der Waals surface area contributed by atoms with E-state index >= 15 is 0 Å². The SMILES string of the molecule is NCC(CCNc1ccnn1C1CNC1)C1CC1. The number of nitrogens with zero attached hydrogens (tertiary/aromatic N) is 2. The highest BCUT2D eigenvalue weighted by atomic mass is 15.4. The van der Waals surface area contributed by atoms with Crippen LogP contribution in [0.3, 0.4) is 0 Å². The summed E-state index contributed by atoms with van der Waals surface area (Å²) in [6.07, 6.45) is 5.82. The third-order valence-corrected chi connectivity index (χ3v) is 4.19. The van der Waals surface area contributed by atoms with Gasteiger partial charge in [0.05, 0.1) is 12.2 Å². The second kappa shape index (κ2) is 5.28. The molecule has 1 unspecified atom stereocenters. The topological polar surface area (TPSA) is 67.9 Å².